The summed E-state index contributed by atoms with van der Waals surface area (Å²) in [6.45, 7) is 1.70. The van der Waals surface area contributed by atoms with E-state index < -0.39 is 11.8 Å². The Morgan fingerprint density at radius 3 is 1.79 bits per heavy atom. The molecule has 1 N–H and O–H groups in total. The van der Waals surface area contributed by atoms with Crippen molar-refractivity contribution in [2.75, 3.05) is 4.90 Å². The standard InChI is InChI=1S/C29H11NO3/c1-3-4-5-6-7-8-9-10-11-12-13-14-15-16-17-18-19-25-23-28(32)30(29(25)33)27-21-20-26(31)22-24(27)2/h1,20-22,25,31H,23H2,2H3. The van der Waals surface area contributed by atoms with Crippen molar-refractivity contribution in [2.45, 2.75) is 13.3 Å². The number of carbonyl (C=O) groups excluding carboxylic acids is 2. The van der Waals surface area contributed by atoms with Gasteiger partial charge in [0.1, 0.15) is 11.7 Å². The molecular weight excluding hydrogens is 410 g/mol. The highest BCUT2D eigenvalue weighted by atomic mass is 16.3. The number of phenolic OH excluding ortho intramolecular Hbond substituents is 1. The first-order chi connectivity index (χ1) is 16.0. The first-order valence-electron chi connectivity index (χ1n) is 9.17. The van der Waals surface area contributed by atoms with Crippen LogP contribution in [-0.2, 0) is 9.59 Å². The van der Waals surface area contributed by atoms with E-state index in [-0.39, 0.29) is 18.1 Å². The maximum atomic E-state index is 12.5. The monoisotopic (exact) mass is 421 g/mol. The molecule has 1 atom stereocenters. The van der Waals surface area contributed by atoms with E-state index in [9.17, 15) is 14.7 Å². The molecule has 2 amide bonds. The normalized spacial score (nSPS) is 12.0. The van der Waals surface area contributed by atoms with Crippen molar-refractivity contribution in [1.29, 1.82) is 0 Å². The number of terminal acetylenes is 1. The van der Waals surface area contributed by atoms with Crippen LogP contribution in [0.3, 0.4) is 0 Å². The number of anilines is 1. The Morgan fingerprint density at radius 1 is 0.818 bits per heavy atom. The van der Waals surface area contributed by atoms with Gasteiger partial charge in [0.2, 0.25) is 11.8 Å². The number of nitrogens with zero attached hydrogens (tertiary/aromatic N) is 1. The highest BCUT2D eigenvalue weighted by Gasteiger charge is 2.39. The molecule has 1 aliphatic heterocycles. The summed E-state index contributed by atoms with van der Waals surface area (Å²) in [5, 5.41) is 9.50. The van der Waals surface area contributed by atoms with Gasteiger partial charge < -0.3 is 5.11 Å². The summed E-state index contributed by atoms with van der Waals surface area (Å²) in [5.74, 6) is 40.2. The Labute approximate surface area is 193 Å². The highest BCUT2D eigenvalue weighted by molar-refractivity contribution is 6.22. The average molecular weight is 421 g/mol. The van der Waals surface area contributed by atoms with Gasteiger partial charge in [0.05, 0.1) is 12.1 Å². The first-order valence-corrected chi connectivity index (χ1v) is 9.17. The van der Waals surface area contributed by atoms with E-state index in [4.69, 9.17) is 6.42 Å². The molecule has 4 nitrogen and oxygen atoms in total. The zero-order valence-electron chi connectivity index (χ0n) is 17.3. The number of aryl methyl sites for hydroxylation is 1. The largest absolute Gasteiger partial charge is 0.508 e. The second kappa shape index (κ2) is 12.7. The summed E-state index contributed by atoms with van der Waals surface area (Å²) in [6.07, 6.45) is 4.90. The van der Waals surface area contributed by atoms with Crippen molar-refractivity contribution < 1.29 is 14.7 Å². The summed E-state index contributed by atoms with van der Waals surface area (Å²) in [4.78, 5) is 25.9. The number of benzene rings is 1. The highest BCUT2D eigenvalue weighted by Crippen LogP contribution is 2.30. The fourth-order valence-corrected chi connectivity index (χ4v) is 2.45. The van der Waals surface area contributed by atoms with Gasteiger partial charge in [-0.25, -0.2) is 4.90 Å². The van der Waals surface area contributed by atoms with Crippen molar-refractivity contribution >= 4 is 17.5 Å². The van der Waals surface area contributed by atoms with E-state index >= 15 is 0 Å². The fourth-order valence-electron chi connectivity index (χ4n) is 2.45. The van der Waals surface area contributed by atoms with Crippen LogP contribution < -0.4 is 4.90 Å². The third-order valence-electron chi connectivity index (χ3n) is 3.76. The van der Waals surface area contributed by atoms with Gasteiger partial charge in [-0.3, -0.25) is 9.59 Å². The Balaban J connectivity index is 1.93. The Bertz CT molecular complexity index is 1560. The van der Waals surface area contributed by atoms with Crippen LogP contribution in [0, 0.1) is 120 Å². The predicted octanol–water partition coefficient (Wildman–Crippen LogP) is 1.24. The van der Waals surface area contributed by atoms with E-state index in [0.717, 1.165) is 4.90 Å². The molecule has 0 spiro atoms. The molecule has 150 valence electrons. The second-order valence-electron chi connectivity index (χ2n) is 5.96. The van der Waals surface area contributed by atoms with Crippen LogP contribution in [0.2, 0.25) is 0 Å². The summed E-state index contributed by atoms with van der Waals surface area (Å²) in [5.41, 5.74) is 1.04. The third-order valence-corrected chi connectivity index (χ3v) is 3.76. The van der Waals surface area contributed by atoms with Crippen LogP contribution in [0.25, 0.3) is 0 Å². The quantitative estimate of drug-likeness (QED) is 0.549. The predicted molar refractivity (Wildman–Crippen MR) is 124 cm³/mol. The van der Waals surface area contributed by atoms with Crippen molar-refractivity contribution in [2.24, 2.45) is 5.92 Å². The molecule has 1 aromatic rings. The Morgan fingerprint density at radius 2 is 1.30 bits per heavy atom. The lowest BCUT2D eigenvalue weighted by Crippen LogP contribution is -2.30. The third kappa shape index (κ3) is 7.51. The zero-order valence-corrected chi connectivity index (χ0v) is 17.3. The summed E-state index contributed by atoms with van der Waals surface area (Å²) in [6, 6.07) is 4.42. The molecular formula is C29H11NO3. The molecule has 1 saturated heterocycles. The van der Waals surface area contributed by atoms with Gasteiger partial charge in [0, 0.05) is 0 Å². The number of imide groups is 1. The van der Waals surface area contributed by atoms with Gasteiger partial charge in [-0.1, -0.05) is 5.92 Å². The minimum absolute atomic E-state index is 0.0313. The maximum Gasteiger partial charge on any atom is 0.249 e. The van der Waals surface area contributed by atoms with Crippen LogP contribution >= 0.6 is 0 Å². The van der Waals surface area contributed by atoms with Crippen molar-refractivity contribution in [3.8, 4) is 113 Å². The molecule has 0 aromatic heterocycles. The van der Waals surface area contributed by atoms with E-state index in [1.165, 1.54) is 18.2 Å². The summed E-state index contributed by atoms with van der Waals surface area (Å²) >= 11 is 0. The molecule has 4 heteroatoms. The SMILES string of the molecule is C#CC#CC#CC#CC#CC#CC#CC#CC#CC1CC(=O)N(c2ccc(O)cc2C)C1=O. The number of hydrogen-bond acceptors (Lipinski definition) is 3. The molecule has 0 radical (unpaired) electrons. The molecule has 1 unspecified atom stereocenters. The number of rotatable bonds is 1. The van der Waals surface area contributed by atoms with Crippen molar-refractivity contribution in [1.82, 2.24) is 0 Å². The van der Waals surface area contributed by atoms with Gasteiger partial charge in [0.25, 0.3) is 0 Å². The van der Waals surface area contributed by atoms with Crippen LogP contribution in [0.5, 0.6) is 5.75 Å². The van der Waals surface area contributed by atoms with Crippen molar-refractivity contribution in [3.05, 3.63) is 23.8 Å². The number of hydrogen-bond donors (Lipinski definition) is 1. The topological polar surface area (TPSA) is 57.6 Å². The molecule has 0 bridgehead atoms. The number of aromatic hydroxyl groups is 1. The average Bonchev–Trinajstić information content (AvgIpc) is 3.06. The molecule has 1 fully saturated rings. The lowest BCUT2D eigenvalue weighted by molar-refractivity contribution is -0.121. The second-order valence-corrected chi connectivity index (χ2v) is 5.96. The molecule has 1 heterocycles. The van der Waals surface area contributed by atoms with Crippen molar-refractivity contribution in [3.63, 3.8) is 0 Å². The van der Waals surface area contributed by atoms with Crippen LogP contribution in [0.1, 0.15) is 12.0 Å². The van der Waals surface area contributed by atoms with Gasteiger partial charge in [-0.15, -0.1) is 6.42 Å². The van der Waals surface area contributed by atoms with E-state index in [1.807, 2.05) is 0 Å². The van der Waals surface area contributed by atoms with Crippen LogP contribution in [0.4, 0.5) is 5.69 Å². The van der Waals surface area contributed by atoms with Crippen LogP contribution in [-0.4, -0.2) is 16.9 Å². The van der Waals surface area contributed by atoms with E-state index in [0.29, 0.717) is 11.3 Å². The van der Waals surface area contributed by atoms with Gasteiger partial charge in [-0.05, 0) is 125 Å². The smallest absolute Gasteiger partial charge is 0.249 e. The first kappa shape index (κ1) is 23.5. The molecule has 1 aromatic carbocycles. The van der Waals surface area contributed by atoms with Gasteiger partial charge in [0.15, 0.2) is 0 Å². The van der Waals surface area contributed by atoms with E-state index in [2.05, 4.69) is 101 Å². The Hall–Kier alpha value is -5.80. The number of phenols is 1. The lowest BCUT2D eigenvalue weighted by atomic mass is 10.1. The van der Waals surface area contributed by atoms with Crippen LogP contribution in [0.15, 0.2) is 18.2 Å². The zero-order chi connectivity index (χ0) is 23.9. The van der Waals surface area contributed by atoms with E-state index in [1.54, 1.807) is 6.92 Å². The minimum atomic E-state index is -0.779. The number of amides is 2. The molecule has 0 saturated carbocycles. The summed E-state index contributed by atoms with van der Waals surface area (Å²) < 4.78 is 0. The molecule has 1 aliphatic rings. The maximum absolute atomic E-state index is 12.5. The molecule has 0 aliphatic carbocycles. The fraction of sp³-hybridized carbons (Fsp3) is 0.103. The molecule has 2 rings (SSSR count). The molecule has 33 heavy (non-hydrogen) atoms. The number of carbonyl (C=O) groups is 2. The lowest BCUT2D eigenvalue weighted by Gasteiger charge is -2.16. The van der Waals surface area contributed by atoms with Gasteiger partial charge in [-0.2, -0.15) is 0 Å². The minimum Gasteiger partial charge on any atom is -0.508 e. The van der Waals surface area contributed by atoms with Gasteiger partial charge >= 0.3 is 0 Å². The summed E-state index contributed by atoms with van der Waals surface area (Å²) in [7, 11) is 0. The Kier molecular flexibility index (Phi) is 9.03.